The quantitative estimate of drug-likeness (QED) is 0.501. The third kappa shape index (κ3) is 5.29. The minimum atomic E-state index is -0.478. The van der Waals surface area contributed by atoms with E-state index in [0.29, 0.717) is 0 Å². The van der Waals surface area contributed by atoms with E-state index in [1.54, 1.807) is 11.0 Å². The van der Waals surface area contributed by atoms with Crippen molar-refractivity contribution in [2.24, 2.45) is 0 Å². The predicted molar refractivity (Wildman–Crippen MR) is 69.4 cm³/mol. The van der Waals surface area contributed by atoms with E-state index in [-0.39, 0.29) is 5.82 Å². The van der Waals surface area contributed by atoms with Crippen LogP contribution in [0.1, 0.15) is 62.5 Å². The summed E-state index contributed by atoms with van der Waals surface area (Å²) < 4.78 is 6.26. The number of ether oxygens (including phenoxy) is 1. The Balaban J connectivity index is 2.12. The van der Waals surface area contributed by atoms with Gasteiger partial charge in [-0.25, -0.2) is 9.78 Å². The topological polar surface area (TPSA) is 57.0 Å². The molecule has 102 valence electrons. The van der Waals surface area contributed by atoms with Crippen LogP contribution in [-0.2, 0) is 11.3 Å². The summed E-state index contributed by atoms with van der Waals surface area (Å²) in [5.41, 5.74) is 0. The SMILES string of the molecule is CCCCCCCCCn1cnc(C(=O)OC)n1. The molecule has 0 saturated heterocycles. The van der Waals surface area contributed by atoms with E-state index in [0.717, 1.165) is 13.0 Å². The first kappa shape index (κ1) is 14.7. The van der Waals surface area contributed by atoms with Crippen molar-refractivity contribution in [3.05, 3.63) is 12.2 Å². The van der Waals surface area contributed by atoms with Crippen LogP contribution >= 0.6 is 0 Å². The van der Waals surface area contributed by atoms with Crippen LogP contribution < -0.4 is 0 Å². The molecule has 1 aromatic heterocycles. The first-order valence-electron chi connectivity index (χ1n) is 6.75. The highest BCUT2D eigenvalue weighted by atomic mass is 16.5. The molecule has 0 saturated carbocycles. The Morgan fingerprint density at radius 1 is 1.22 bits per heavy atom. The number of aromatic nitrogens is 3. The summed E-state index contributed by atoms with van der Waals surface area (Å²) in [7, 11) is 1.33. The molecular formula is C13H23N3O2. The molecule has 0 radical (unpaired) electrons. The first-order chi connectivity index (χ1) is 8.77. The second-order valence-corrected chi connectivity index (χ2v) is 4.44. The average Bonchev–Trinajstić information content (AvgIpc) is 2.85. The Bertz CT molecular complexity index is 350. The number of carbonyl (C=O) groups is 1. The first-order valence-corrected chi connectivity index (χ1v) is 6.75. The smallest absolute Gasteiger partial charge is 0.377 e. The Labute approximate surface area is 109 Å². The highest BCUT2D eigenvalue weighted by molar-refractivity contribution is 5.84. The standard InChI is InChI=1S/C13H23N3O2/c1-3-4-5-6-7-8-9-10-16-11-14-12(15-16)13(17)18-2/h11H,3-10H2,1-2H3. The molecule has 0 atom stereocenters. The number of unbranched alkanes of at least 4 members (excludes halogenated alkanes) is 6. The minimum absolute atomic E-state index is 0.139. The lowest BCUT2D eigenvalue weighted by atomic mass is 10.1. The Hall–Kier alpha value is -1.39. The third-order valence-electron chi connectivity index (χ3n) is 2.90. The van der Waals surface area contributed by atoms with Gasteiger partial charge in [-0.2, -0.15) is 0 Å². The summed E-state index contributed by atoms with van der Waals surface area (Å²) in [5, 5.41) is 4.06. The van der Waals surface area contributed by atoms with Gasteiger partial charge in [-0.1, -0.05) is 45.4 Å². The van der Waals surface area contributed by atoms with Crippen molar-refractivity contribution in [2.45, 2.75) is 58.4 Å². The van der Waals surface area contributed by atoms with Gasteiger partial charge in [-0.05, 0) is 6.42 Å². The number of aryl methyl sites for hydroxylation is 1. The van der Waals surface area contributed by atoms with Crippen LogP contribution in [-0.4, -0.2) is 27.8 Å². The van der Waals surface area contributed by atoms with Gasteiger partial charge >= 0.3 is 5.97 Å². The van der Waals surface area contributed by atoms with Gasteiger partial charge in [0.2, 0.25) is 0 Å². The van der Waals surface area contributed by atoms with E-state index < -0.39 is 5.97 Å². The summed E-state index contributed by atoms with van der Waals surface area (Å²) in [6.45, 7) is 3.04. The van der Waals surface area contributed by atoms with Crippen LogP contribution in [0.2, 0.25) is 0 Å². The molecule has 5 heteroatoms. The molecule has 0 spiro atoms. The molecule has 1 rings (SSSR count). The fraction of sp³-hybridized carbons (Fsp3) is 0.769. The van der Waals surface area contributed by atoms with Crippen molar-refractivity contribution < 1.29 is 9.53 Å². The van der Waals surface area contributed by atoms with Crippen LogP contribution in [0.5, 0.6) is 0 Å². The lowest BCUT2D eigenvalue weighted by molar-refractivity contribution is 0.0586. The normalized spacial score (nSPS) is 10.6. The van der Waals surface area contributed by atoms with Gasteiger partial charge in [-0.3, -0.25) is 4.68 Å². The number of rotatable bonds is 9. The van der Waals surface area contributed by atoms with Gasteiger partial charge in [0.05, 0.1) is 7.11 Å². The van der Waals surface area contributed by atoms with E-state index in [1.165, 1.54) is 45.6 Å². The van der Waals surface area contributed by atoms with Crippen LogP contribution in [0.25, 0.3) is 0 Å². The fourth-order valence-corrected chi connectivity index (χ4v) is 1.82. The Kier molecular flexibility index (Phi) is 7.06. The van der Waals surface area contributed by atoms with Crippen molar-refractivity contribution in [1.82, 2.24) is 14.8 Å². The lowest BCUT2D eigenvalue weighted by Crippen LogP contribution is -2.06. The Morgan fingerprint density at radius 2 is 1.89 bits per heavy atom. The van der Waals surface area contributed by atoms with Gasteiger partial charge in [0.1, 0.15) is 6.33 Å². The van der Waals surface area contributed by atoms with Crippen LogP contribution in [0.4, 0.5) is 0 Å². The number of hydrogen-bond acceptors (Lipinski definition) is 4. The maximum Gasteiger partial charge on any atom is 0.377 e. The number of carbonyl (C=O) groups excluding carboxylic acids is 1. The zero-order valence-corrected chi connectivity index (χ0v) is 11.4. The minimum Gasteiger partial charge on any atom is -0.463 e. The van der Waals surface area contributed by atoms with E-state index in [2.05, 4.69) is 21.7 Å². The lowest BCUT2D eigenvalue weighted by Gasteiger charge is -2.01. The van der Waals surface area contributed by atoms with Crippen LogP contribution in [0.15, 0.2) is 6.33 Å². The van der Waals surface area contributed by atoms with Crippen molar-refractivity contribution in [1.29, 1.82) is 0 Å². The summed E-state index contributed by atoms with van der Waals surface area (Å²) >= 11 is 0. The van der Waals surface area contributed by atoms with Crippen LogP contribution in [0.3, 0.4) is 0 Å². The summed E-state index contributed by atoms with van der Waals surface area (Å²) in [6, 6.07) is 0. The molecule has 0 N–H and O–H groups in total. The van der Waals surface area contributed by atoms with Crippen molar-refractivity contribution in [2.75, 3.05) is 7.11 Å². The van der Waals surface area contributed by atoms with Crippen molar-refractivity contribution in [3.8, 4) is 0 Å². The molecule has 18 heavy (non-hydrogen) atoms. The van der Waals surface area contributed by atoms with Gasteiger partial charge in [-0.15, -0.1) is 5.10 Å². The zero-order valence-electron chi connectivity index (χ0n) is 11.4. The van der Waals surface area contributed by atoms with Gasteiger partial charge in [0.15, 0.2) is 0 Å². The molecule has 0 bridgehead atoms. The average molecular weight is 253 g/mol. The molecule has 1 aromatic rings. The second-order valence-electron chi connectivity index (χ2n) is 4.44. The van der Waals surface area contributed by atoms with Gasteiger partial charge in [0, 0.05) is 6.54 Å². The monoisotopic (exact) mass is 253 g/mol. The van der Waals surface area contributed by atoms with E-state index in [4.69, 9.17) is 0 Å². The van der Waals surface area contributed by atoms with E-state index in [1.807, 2.05) is 0 Å². The zero-order chi connectivity index (χ0) is 13.2. The summed E-state index contributed by atoms with van der Waals surface area (Å²) in [6.07, 6.45) is 10.4. The molecule has 0 aromatic carbocycles. The molecule has 0 fully saturated rings. The number of nitrogens with zero attached hydrogens (tertiary/aromatic N) is 3. The van der Waals surface area contributed by atoms with Crippen molar-refractivity contribution >= 4 is 5.97 Å². The number of methoxy groups -OCH3 is 1. The molecule has 0 amide bonds. The summed E-state index contributed by atoms with van der Waals surface area (Å²) in [5.74, 6) is -0.339. The highest BCUT2D eigenvalue weighted by Gasteiger charge is 2.10. The molecule has 0 unspecified atom stereocenters. The molecule has 0 aliphatic carbocycles. The fourth-order valence-electron chi connectivity index (χ4n) is 1.82. The maximum atomic E-state index is 11.1. The van der Waals surface area contributed by atoms with E-state index >= 15 is 0 Å². The number of hydrogen-bond donors (Lipinski definition) is 0. The molecule has 0 aliphatic heterocycles. The molecule has 5 nitrogen and oxygen atoms in total. The maximum absolute atomic E-state index is 11.1. The highest BCUT2D eigenvalue weighted by Crippen LogP contribution is 2.07. The molecular weight excluding hydrogens is 230 g/mol. The van der Waals surface area contributed by atoms with Crippen LogP contribution in [0, 0.1) is 0 Å². The van der Waals surface area contributed by atoms with Gasteiger partial charge < -0.3 is 4.74 Å². The largest absolute Gasteiger partial charge is 0.463 e. The third-order valence-corrected chi connectivity index (χ3v) is 2.90. The van der Waals surface area contributed by atoms with Crippen molar-refractivity contribution in [3.63, 3.8) is 0 Å². The number of esters is 1. The van der Waals surface area contributed by atoms with Gasteiger partial charge in [0.25, 0.3) is 5.82 Å². The second kappa shape index (κ2) is 8.66. The molecule has 1 heterocycles. The predicted octanol–water partition coefficient (Wildman–Crippen LogP) is 2.82. The summed E-state index contributed by atoms with van der Waals surface area (Å²) in [4.78, 5) is 15.0. The van der Waals surface area contributed by atoms with E-state index in [9.17, 15) is 4.79 Å². The molecule has 0 aliphatic rings. The Morgan fingerprint density at radius 3 is 2.56 bits per heavy atom.